The van der Waals surface area contributed by atoms with Gasteiger partial charge in [0, 0.05) is 11.6 Å². The summed E-state index contributed by atoms with van der Waals surface area (Å²) < 4.78 is 24.2. The van der Waals surface area contributed by atoms with Crippen molar-refractivity contribution in [1.82, 2.24) is 0 Å². The van der Waals surface area contributed by atoms with Crippen LogP contribution in [-0.2, 0) is 6.42 Å². The lowest BCUT2D eigenvalue weighted by molar-refractivity contribution is 0.112. The summed E-state index contributed by atoms with van der Waals surface area (Å²) >= 11 is 0. The maximum Gasteiger partial charge on any atom is 0.169 e. The summed E-state index contributed by atoms with van der Waals surface area (Å²) in [5.74, 6) is 0.789. The minimum absolute atomic E-state index is 0.226. The van der Waals surface area contributed by atoms with Gasteiger partial charge in [-0.2, -0.15) is 0 Å². The van der Waals surface area contributed by atoms with Crippen LogP contribution in [0.2, 0.25) is 0 Å². The van der Waals surface area contributed by atoms with Gasteiger partial charge >= 0.3 is 0 Å². The fourth-order valence-corrected chi connectivity index (χ4v) is 1.85. The average molecular weight is 274 g/mol. The first kappa shape index (κ1) is 14.1. The van der Waals surface area contributed by atoms with E-state index in [2.05, 4.69) is 0 Å². The van der Waals surface area contributed by atoms with Gasteiger partial charge in [0.15, 0.2) is 11.5 Å². The molecule has 0 aliphatic carbocycles. The minimum Gasteiger partial charge on any atom is -0.493 e. The van der Waals surface area contributed by atoms with Crippen LogP contribution in [0, 0.1) is 5.82 Å². The molecule has 20 heavy (non-hydrogen) atoms. The Morgan fingerprint density at radius 3 is 2.60 bits per heavy atom. The maximum absolute atomic E-state index is 13.3. The van der Waals surface area contributed by atoms with Crippen molar-refractivity contribution in [2.24, 2.45) is 0 Å². The molecule has 0 N–H and O–H groups in total. The van der Waals surface area contributed by atoms with Crippen molar-refractivity contribution in [3.63, 3.8) is 0 Å². The van der Waals surface area contributed by atoms with Crippen molar-refractivity contribution in [2.45, 2.75) is 13.3 Å². The predicted molar refractivity (Wildman–Crippen MR) is 74.2 cm³/mol. The molecule has 0 radical (unpaired) electrons. The molecular formula is C16H15FO3. The Labute approximate surface area is 117 Å². The molecule has 0 aromatic heterocycles. The lowest BCUT2D eigenvalue weighted by Gasteiger charge is -2.12. The second-order valence-corrected chi connectivity index (χ2v) is 4.28. The highest BCUT2D eigenvalue weighted by Crippen LogP contribution is 2.33. The van der Waals surface area contributed by atoms with Gasteiger partial charge < -0.3 is 9.47 Å². The first-order chi connectivity index (χ1) is 9.66. The number of methoxy groups -OCH3 is 1. The number of halogens is 1. The number of ether oxygens (including phenoxy) is 2. The molecule has 104 valence electrons. The van der Waals surface area contributed by atoms with E-state index in [1.54, 1.807) is 13.2 Å². The number of carbonyl (C=O) groups excluding carboxylic acids is 1. The van der Waals surface area contributed by atoms with Crippen LogP contribution in [0.15, 0.2) is 36.4 Å². The quantitative estimate of drug-likeness (QED) is 0.773. The van der Waals surface area contributed by atoms with E-state index < -0.39 is 5.82 Å². The van der Waals surface area contributed by atoms with Crippen LogP contribution in [0.5, 0.6) is 17.2 Å². The second kappa shape index (κ2) is 6.19. The molecule has 0 unspecified atom stereocenters. The first-order valence-corrected chi connectivity index (χ1v) is 6.26. The van der Waals surface area contributed by atoms with Gasteiger partial charge in [-0.05, 0) is 36.2 Å². The van der Waals surface area contributed by atoms with Crippen LogP contribution in [0.25, 0.3) is 0 Å². The Kier molecular flexibility index (Phi) is 4.35. The molecule has 0 saturated heterocycles. The molecule has 0 saturated carbocycles. The van der Waals surface area contributed by atoms with E-state index in [1.165, 1.54) is 12.1 Å². The van der Waals surface area contributed by atoms with Gasteiger partial charge in [0.05, 0.1) is 7.11 Å². The van der Waals surface area contributed by atoms with Gasteiger partial charge in [-0.3, -0.25) is 4.79 Å². The summed E-state index contributed by atoms with van der Waals surface area (Å²) in [6.07, 6.45) is 1.46. The Morgan fingerprint density at radius 2 is 1.95 bits per heavy atom. The first-order valence-electron chi connectivity index (χ1n) is 6.26. The molecule has 4 heteroatoms. The van der Waals surface area contributed by atoms with Gasteiger partial charge in [-0.1, -0.05) is 13.0 Å². The molecule has 2 aromatic rings. The van der Waals surface area contributed by atoms with E-state index in [1.807, 2.05) is 19.1 Å². The highest BCUT2D eigenvalue weighted by atomic mass is 19.1. The molecule has 2 rings (SSSR count). The molecule has 3 nitrogen and oxygen atoms in total. The zero-order chi connectivity index (χ0) is 14.5. The molecule has 0 heterocycles. The van der Waals surface area contributed by atoms with Gasteiger partial charge in [0.25, 0.3) is 0 Å². The summed E-state index contributed by atoms with van der Waals surface area (Å²) in [6.45, 7) is 2.04. The van der Waals surface area contributed by atoms with Gasteiger partial charge in [0.2, 0.25) is 0 Å². The van der Waals surface area contributed by atoms with Crippen LogP contribution >= 0.6 is 0 Å². The SMILES string of the molecule is CCc1ccc(Oc2cc(F)cc(C=O)c2)c(OC)c1. The number of rotatable bonds is 5. The monoisotopic (exact) mass is 274 g/mol. The zero-order valence-corrected chi connectivity index (χ0v) is 11.4. The minimum atomic E-state index is -0.520. The van der Waals surface area contributed by atoms with Crippen molar-refractivity contribution < 1.29 is 18.7 Å². The van der Waals surface area contributed by atoms with Crippen LogP contribution in [-0.4, -0.2) is 13.4 Å². The van der Waals surface area contributed by atoms with Gasteiger partial charge in [-0.25, -0.2) is 4.39 Å². The van der Waals surface area contributed by atoms with Crippen molar-refractivity contribution in [3.05, 3.63) is 53.3 Å². The topological polar surface area (TPSA) is 35.5 Å². The normalized spacial score (nSPS) is 10.2. The molecule has 0 bridgehead atoms. The number of carbonyl (C=O) groups is 1. The molecule has 0 aliphatic rings. The van der Waals surface area contributed by atoms with E-state index in [-0.39, 0.29) is 11.3 Å². The van der Waals surface area contributed by atoms with Crippen LogP contribution < -0.4 is 9.47 Å². The van der Waals surface area contributed by atoms with Crippen molar-refractivity contribution >= 4 is 6.29 Å². The third kappa shape index (κ3) is 3.15. The lowest BCUT2D eigenvalue weighted by Crippen LogP contribution is -1.93. The second-order valence-electron chi connectivity index (χ2n) is 4.28. The third-order valence-corrected chi connectivity index (χ3v) is 2.89. The number of hydrogen-bond donors (Lipinski definition) is 0. The Hall–Kier alpha value is -2.36. The predicted octanol–water partition coefficient (Wildman–Crippen LogP) is 4.00. The Bertz CT molecular complexity index is 623. The summed E-state index contributed by atoms with van der Waals surface area (Å²) in [6, 6.07) is 9.40. The fraction of sp³-hybridized carbons (Fsp3) is 0.188. The zero-order valence-electron chi connectivity index (χ0n) is 11.4. The van der Waals surface area contributed by atoms with Crippen LogP contribution in [0.1, 0.15) is 22.8 Å². The number of hydrogen-bond acceptors (Lipinski definition) is 3. The summed E-state index contributed by atoms with van der Waals surface area (Å²) in [7, 11) is 1.55. The van der Waals surface area contributed by atoms with Gasteiger partial charge in [0.1, 0.15) is 17.9 Å². The van der Waals surface area contributed by atoms with Crippen molar-refractivity contribution in [1.29, 1.82) is 0 Å². The molecule has 0 fully saturated rings. The van der Waals surface area contributed by atoms with Crippen LogP contribution in [0.4, 0.5) is 4.39 Å². The third-order valence-electron chi connectivity index (χ3n) is 2.89. The average Bonchev–Trinajstić information content (AvgIpc) is 2.47. The lowest BCUT2D eigenvalue weighted by atomic mass is 10.1. The summed E-state index contributed by atoms with van der Waals surface area (Å²) in [5, 5.41) is 0. The number of benzene rings is 2. The fourth-order valence-electron chi connectivity index (χ4n) is 1.85. The molecule has 0 aliphatic heterocycles. The van der Waals surface area contributed by atoms with Crippen LogP contribution in [0.3, 0.4) is 0 Å². The highest BCUT2D eigenvalue weighted by Gasteiger charge is 2.08. The van der Waals surface area contributed by atoms with E-state index in [4.69, 9.17) is 9.47 Å². The largest absolute Gasteiger partial charge is 0.493 e. The Morgan fingerprint density at radius 1 is 1.15 bits per heavy atom. The van der Waals surface area contributed by atoms with E-state index in [0.717, 1.165) is 18.1 Å². The highest BCUT2D eigenvalue weighted by molar-refractivity contribution is 5.75. The number of aldehydes is 1. The van der Waals surface area contributed by atoms with E-state index in [9.17, 15) is 9.18 Å². The van der Waals surface area contributed by atoms with Crippen molar-refractivity contribution in [2.75, 3.05) is 7.11 Å². The maximum atomic E-state index is 13.3. The smallest absolute Gasteiger partial charge is 0.169 e. The standard InChI is InChI=1S/C16H15FO3/c1-3-11-4-5-15(16(8-11)19-2)20-14-7-12(10-18)6-13(17)9-14/h4-10H,3H2,1-2H3. The summed E-state index contributed by atoms with van der Waals surface area (Å²) in [4.78, 5) is 10.7. The Balaban J connectivity index is 2.34. The van der Waals surface area contributed by atoms with Gasteiger partial charge in [-0.15, -0.1) is 0 Å². The number of aryl methyl sites for hydroxylation is 1. The van der Waals surface area contributed by atoms with E-state index in [0.29, 0.717) is 17.8 Å². The molecule has 2 aromatic carbocycles. The molecule has 0 atom stereocenters. The molecule has 0 amide bonds. The van der Waals surface area contributed by atoms with E-state index >= 15 is 0 Å². The molecular weight excluding hydrogens is 259 g/mol. The molecule has 0 spiro atoms. The van der Waals surface area contributed by atoms with Crippen molar-refractivity contribution in [3.8, 4) is 17.2 Å². The summed E-state index contributed by atoms with van der Waals surface area (Å²) in [5.41, 5.74) is 1.34.